The summed E-state index contributed by atoms with van der Waals surface area (Å²) in [6.07, 6.45) is 5.62. The highest BCUT2D eigenvalue weighted by Gasteiger charge is 2.18. The number of hydrogen-bond acceptors (Lipinski definition) is 3. The molecule has 0 aliphatic carbocycles. The van der Waals surface area contributed by atoms with Crippen molar-refractivity contribution < 1.29 is 5.11 Å². The van der Waals surface area contributed by atoms with Gasteiger partial charge in [-0.2, -0.15) is 10.4 Å². The summed E-state index contributed by atoms with van der Waals surface area (Å²) >= 11 is 0. The number of phenolic OH excluding ortho intramolecular Hbond substituents is 1. The van der Waals surface area contributed by atoms with Crippen LogP contribution in [0.3, 0.4) is 0 Å². The molecule has 0 bridgehead atoms. The normalized spacial score (nSPS) is 11.3. The van der Waals surface area contributed by atoms with Crippen molar-refractivity contribution in [2.75, 3.05) is 0 Å². The quantitative estimate of drug-likeness (QED) is 0.265. The first kappa shape index (κ1) is 23.1. The molecular formula is C30H27N5O. The van der Waals surface area contributed by atoms with Gasteiger partial charge in [0.2, 0.25) is 0 Å². The fourth-order valence-electron chi connectivity index (χ4n) is 5.17. The van der Waals surface area contributed by atoms with E-state index in [0.29, 0.717) is 17.5 Å². The standard InChI is InChI=1S/C17H15NO.C13H12N4/c1-4-12-7-5-8-13-16-14(9-6-10-15(16)19)18(11(2)3)17(12)13;1-8(2)17-11-6-4-3-5-9(11)12-13(17)10(7-14)15-16-12/h1,5-11,19H,2-3H3;3-6,8H,1-2H3,(H,15,16). The lowest BCUT2D eigenvalue weighted by molar-refractivity contribution is 0.482. The lowest BCUT2D eigenvalue weighted by Gasteiger charge is -2.12. The summed E-state index contributed by atoms with van der Waals surface area (Å²) < 4.78 is 4.35. The second-order valence-electron chi connectivity index (χ2n) is 9.37. The van der Waals surface area contributed by atoms with E-state index in [2.05, 4.69) is 71.1 Å². The molecule has 0 spiro atoms. The van der Waals surface area contributed by atoms with Crippen molar-refractivity contribution in [3.8, 4) is 24.2 Å². The molecular weight excluding hydrogens is 446 g/mol. The van der Waals surface area contributed by atoms with Crippen LogP contribution >= 0.6 is 0 Å². The fraction of sp³-hybridized carbons (Fsp3) is 0.200. The number of hydrogen-bond donors (Lipinski definition) is 2. The van der Waals surface area contributed by atoms with E-state index >= 15 is 0 Å². The number of fused-ring (bicyclic) bond motifs is 6. The monoisotopic (exact) mass is 473 g/mol. The van der Waals surface area contributed by atoms with Crippen LogP contribution in [-0.4, -0.2) is 24.4 Å². The third-order valence-electron chi connectivity index (χ3n) is 6.53. The third kappa shape index (κ3) is 3.39. The number of H-pyrrole nitrogens is 1. The van der Waals surface area contributed by atoms with Gasteiger partial charge in [-0.1, -0.05) is 42.3 Å². The van der Waals surface area contributed by atoms with E-state index in [1.165, 1.54) is 0 Å². The van der Waals surface area contributed by atoms with Crippen LogP contribution in [0, 0.1) is 23.7 Å². The molecule has 6 rings (SSSR count). The molecule has 0 aliphatic heterocycles. The number of nitrogens with zero attached hydrogens (tertiary/aromatic N) is 4. The maximum absolute atomic E-state index is 10.2. The highest BCUT2D eigenvalue weighted by molar-refractivity contribution is 6.12. The molecule has 3 aromatic heterocycles. The van der Waals surface area contributed by atoms with Gasteiger partial charge in [0.25, 0.3) is 0 Å². The predicted molar refractivity (Wildman–Crippen MR) is 146 cm³/mol. The number of para-hydroxylation sites is 2. The summed E-state index contributed by atoms with van der Waals surface area (Å²) in [6.45, 7) is 8.46. The minimum Gasteiger partial charge on any atom is -0.507 e. The van der Waals surface area contributed by atoms with Crippen LogP contribution in [0.1, 0.15) is 51.0 Å². The number of phenols is 1. The van der Waals surface area contributed by atoms with Gasteiger partial charge in [-0.25, -0.2) is 0 Å². The van der Waals surface area contributed by atoms with E-state index in [9.17, 15) is 5.11 Å². The van der Waals surface area contributed by atoms with Crippen molar-refractivity contribution in [2.45, 2.75) is 39.8 Å². The molecule has 6 heteroatoms. The maximum Gasteiger partial charge on any atom is 0.186 e. The number of nitrogens with one attached hydrogen (secondary N) is 1. The molecule has 0 fully saturated rings. The SMILES string of the molecule is C#Cc1cccc2c3c(O)cccc3n(C(C)C)c12.CC(C)n1c2ccccc2c2[nH]nc(C#N)c21. The van der Waals surface area contributed by atoms with Gasteiger partial charge in [0.1, 0.15) is 17.3 Å². The average Bonchev–Trinajstić information content (AvgIpc) is 3.53. The second-order valence-corrected chi connectivity index (χ2v) is 9.37. The van der Waals surface area contributed by atoms with Crippen molar-refractivity contribution in [2.24, 2.45) is 0 Å². The Kier molecular flexibility index (Phi) is 5.66. The lowest BCUT2D eigenvalue weighted by Crippen LogP contribution is -2.01. The zero-order valence-corrected chi connectivity index (χ0v) is 20.7. The minimum atomic E-state index is 0.274. The van der Waals surface area contributed by atoms with Crippen molar-refractivity contribution >= 4 is 43.7 Å². The lowest BCUT2D eigenvalue weighted by atomic mass is 10.1. The van der Waals surface area contributed by atoms with Gasteiger partial charge in [-0.3, -0.25) is 5.10 Å². The molecule has 0 aliphatic rings. The Balaban J connectivity index is 0.000000149. The second kappa shape index (κ2) is 8.83. The zero-order chi connectivity index (χ0) is 25.6. The Morgan fingerprint density at radius 1 is 0.861 bits per heavy atom. The predicted octanol–water partition coefficient (Wildman–Crippen LogP) is 7.03. The first-order chi connectivity index (χ1) is 17.4. The van der Waals surface area contributed by atoms with Crippen molar-refractivity contribution in [3.63, 3.8) is 0 Å². The van der Waals surface area contributed by atoms with Gasteiger partial charge in [-0.15, -0.1) is 6.42 Å². The van der Waals surface area contributed by atoms with Crippen LogP contribution < -0.4 is 0 Å². The number of rotatable bonds is 2. The summed E-state index contributed by atoms with van der Waals surface area (Å²) in [5, 5.41) is 29.3. The summed E-state index contributed by atoms with van der Waals surface area (Å²) in [4.78, 5) is 0. The largest absolute Gasteiger partial charge is 0.507 e. The molecule has 0 saturated heterocycles. The Bertz CT molecular complexity index is 1830. The number of benzene rings is 3. The minimum absolute atomic E-state index is 0.274. The van der Waals surface area contributed by atoms with Gasteiger partial charge >= 0.3 is 0 Å². The summed E-state index contributed by atoms with van der Waals surface area (Å²) in [5.41, 5.74) is 6.37. The number of terminal acetylenes is 1. The van der Waals surface area contributed by atoms with E-state index in [1.807, 2.05) is 42.5 Å². The average molecular weight is 474 g/mol. The number of aromatic nitrogens is 4. The Hall–Kier alpha value is -4.68. The van der Waals surface area contributed by atoms with E-state index in [4.69, 9.17) is 11.7 Å². The molecule has 0 amide bonds. The zero-order valence-electron chi connectivity index (χ0n) is 20.7. The summed E-state index contributed by atoms with van der Waals surface area (Å²) in [6, 6.07) is 22.3. The van der Waals surface area contributed by atoms with E-state index in [1.54, 1.807) is 6.07 Å². The summed E-state index contributed by atoms with van der Waals surface area (Å²) in [5.74, 6) is 3.05. The Labute approximate surface area is 209 Å². The van der Waals surface area contributed by atoms with Gasteiger partial charge in [0.05, 0.1) is 22.1 Å². The van der Waals surface area contributed by atoms with Gasteiger partial charge in [-0.05, 0) is 52.0 Å². The molecule has 3 aromatic carbocycles. The van der Waals surface area contributed by atoms with Crippen LogP contribution in [0.2, 0.25) is 0 Å². The van der Waals surface area contributed by atoms with Crippen molar-refractivity contribution in [1.29, 1.82) is 5.26 Å². The Morgan fingerprint density at radius 2 is 1.50 bits per heavy atom. The first-order valence-corrected chi connectivity index (χ1v) is 12.0. The smallest absolute Gasteiger partial charge is 0.186 e. The fourth-order valence-corrected chi connectivity index (χ4v) is 5.17. The van der Waals surface area contributed by atoms with E-state index < -0.39 is 0 Å². The van der Waals surface area contributed by atoms with Crippen LogP contribution in [0.15, 0.2) is 60.7 Å². The van der Waals surface area contributed by atoms with Crippen molar-refractivity contribution in [3.05, 3.63) is 71.9 Å². The van der Waals surface area contributed by atoms with Gasteiger partial charge < -0.3 is 14.2 Å². The number of aromatic hydroxyl groups is 1. The molecule has 6 nitrogen and oxygen atoms in total. The molecule has 36 heavy (non-hydrogen) atoms. The highest BCUT2D eigenvalue weighted by atomic mass is 16.3. The molecule has 2 N–H and O–H groups in total. The molecule has 0 radical (unpaired) electrons. The van der Waals surface area contributed by atoms with Gasteiger partial charge in [0, 0.05) is 33.8 Å². The van der Waals surface area contributed by atoms with E-state index in [-0.39, 0.29) is 6.04 Å². The van der Waals surface area contributed by atoms with Crippen LogP contribution in [-0.2, 0) is 0 Å². The molecule has 0 atom stereocenters. The first-order valence-electron chi connectivity index (χ1n) is 12.0. The summed E-state index contributed by atoms with van der Waals surface area (Å²) in [7, 11) is 0. The van der Waals surface area contributed by atoms with Crippen molar-refractivity contribution in [1.82, 2.24) is 19.3 Å². The highest BCUT2D eigenvalue weighted by Crippen LogP contribution is 2.38. The molecule has 0 unspecified atom stereocenters. The molecule has 178 valence electrons. The third-order valence-corrected chi connectivity index (χ3v) is 6.53. The molecule has 6 aromatic rings. The number of aromatic amines is 1. The van der Waals surface area contributed by atoms with Crippen LogP contribution in [0.5, 0.6) is 5.75 Å². The van der Waals surface area contributed by atoms with Crippen LogP contribution in [0.25, 0.3) is 43.7 Å². The topological polar surface area (TPSA) is 82.6 Å². The van der Waals surface area contributed by atoms with E-state index in [0.717, 1.165) is 49.3 Å². The number of nitriles is 1. The molecule has 0 saturated carbocycles. The maximum atomic E-state index is 10.2. The Morgan fingerprint density at radius 3 is 2.19 bits per heavy atom. The van der Waals surface area contributed by atoms with Gasteiger partial charge in [0.15, 0.2) is 5.69 Å². The van der Waals surface area contributed by atoms with Crippen LogP contribution in [0.4, 0.5) is 0 Å². The molecule has 3 heterocycles.